The van der Waals surface area contributed by atoms with E-state index in [0.29, 0.717) is 69.4 Å². The first-order valence-electron chi connectivity index (χ1n) is 14.9. The second-order valence-corrected chi connectivity index (χ2v) is 11.1. The van der Waals surface area contributed by atoms with E-state index in [1.165, 1.54) is 27.1 Å². The van der Waals surface area contributed by atoms with Gasteiger partial charge in [0.2, 0.25) is 29.5 Å². The summed E-state index contributed by atoms with van der Waals surface area (Å²) in [5.41, 5.74) is 0.861. The zero-order valence-corrected chi connectivity index (χ0v) is 24.3. The van der Waals surface area contributed by atoms with Crippen molar-refractivity contribution >= 4 is 41.1 Å². The smallest absolute Gasteiger partial charge is 0.253 e. The molecule has 6 amide bonds. The summed E-state index contributed by atoms with van der Waals surface area (Å²) in [6.07, 6.45) is 9.39. The Morgan fingerprint density at radius 1 is 0.682 bits per heavy atom. The number of hydrogen-bond acceptors (Lipinski definition) is 8. The Morgan fingerprint density at radius 3 is 1.89 bits per heavy atom. The molecule has 3 saturated heterocycles. The van der Waals surface area contributed by atoms with Crippen molar-refractivity contribution in [2.75, 3.05) is 38.0 Å². The van der Waals surface area contributed by atoms with Crippen LogP contribution >= 0.6 is 0 Å². The maximum Gasteiger partial charge on any atom is 0.253 e. The molecular weight excluding hydrogens is 568 g/mol. The number of pyridine rings is 2. The molecule has 2 aromatic rings. The van der Waals surface area contributed by atoms with Gasteiger partial charge in [-0.2, -0.15) is 0 Å². The molecule has 2 aromatic heterocycles. The largest absolute Gasteiger partial charge is 0.345 e. The molecule has 0 spiro atoms. The molecule has 0 saturated carbocycles. The maximum atomic E-state index is 13.6. The lowest BCUT2D eigenvalue weighted by molar-refractivity contribution is -0.146. The monoisotopic (exact) mass is 604 g/mol. The molecule has 0 unspecified atom stereocenters. The molecular formula is C30H36N8O6. The first-order valence-corrected chi connectivity index (χ1v) is 14.9. The van der Waals surface area contributed by atoms with Crippen LogP contribution in [0.4, 0.5) is 5.69 Å². The average molecular weight is 605 g/mol. The van der Waals surface area contributed by atoms with Crippen LogP contribution in [0.3, 0.4) is 0 Å². The van der Waals surface area contributed by atoms with Gasteiger partial charge in [0.15, 0.2) is 0 Å². The zero-order chi connectivity index (χ0) is 31.1. The van der Waals surface area contributed by atoms with Crippen molar-refractivity contribution in [2.24, 2.45) is 0 Å². The summed E-state index contributed by atoms with van der Waals surface area (Å²) in [4.78, 5) is 90.2. The second kappa shape index (κ2) is 14.1. The van der Waals surface area contributed by atoms with Crippen molar-refractivity contribution in [1.82, 2.24) is 35.3 Å². The predicted molar refractivity (Wildman–Crippen MR) is 157 cm³/mol. The minimum Gasteiger partial charge on any atom is -0.345 e. The number of carbonyl (C=O) groups excluding carboxylic acids is 6. The number of nitrogens with zero attached hydrogens (tertiary/aromatic N) is 5. The molecule has 5 heterocycles. The third kappa shape index (κ3) is 7.01. The summed E-state index contributed by atoms with van der Waals surface area (Å²) in [5.74, 6) is -2.26. The van der Waals surface area contributed by atoms with E-state index >= 15 is 0 Å². The summed E-state index contributed by atoms with van der Waals surface area (Å²) in [5, 5.41) is 8.03. The average Bonchev–Trinajstić information content (AvgIpc) is 3.84. The van der Waals surface area contributed by atoms with E-state index in [1.807, 2.05) is 0 Å². The Bertz CT molecular complexity index is 1390. The summed E-state index contributed by atoms with van der Waals surface area (Å²) in [7, 11) is 0. The molecule has 3 aliphatic rings. The first-order chi connectivity index (χ1) is 21.3. The molecule has 232 valence electrons. The lowest BCUT2D eigenvalue weighted by atomic mass is 10.1. The topological polar surface area (TPSA) is 174 Å². The first kappa shape index (κ1) is 30.6. The van der Waals surface area contributed by atoms with Crippen LogP contribution in [0.5, 0.6) is 0 Å². The Morgan fingerprint density at radius 2 is 1.25 bits per heavy atom. The highest BCUT2D eigenvalue weighted by Gasteiger charge is 2.42. The minimum atomic E-state index is -0.763. The highest BCUT2D eigenvalue weighted by Crippen LogP contribution is 2.25. The number of rotatable bonds is 9. The molecule has 3 fully saturated rings. The molecule has 14 heteroatoms. The number of anilines is 1. The Kier molecular flexibility index (Phi) is 9.77. The number of nitrogens with one attached hydrogen (secondary N) is 3. The number of amides is 6. The molecule has 0 radical (unpaired) electrons. The van der Waals surface area contributed by atoms with Gasteiger partial charge in [-0.1, -0.05) is 0 Å². The number of hydrogen-bond donors (Lipinski definition) is 3. The molecule has 0 aliphatic carbocycles. The quantitative estimate of drug-likeness (QED) is 0.357. The normalized spacial score (nSPS) is 21.2. The maximum absolute atomic E-state index is 13.6. The molecule has 0 bridgehead atoms. The summed E-state index contributed by atoms with van der Waals surface area (Å²) in [6, 6.07) is 4.49. The fraction of sp³-hybridized carbons (Fsp3) is 0.467. The van der Waals surface area contributed by atoms with Gasteiger partial charge >= 0.3 is 0 Å². The van der Waals surface area contributed by atoms with Crippen LogP contribution in [0.2, 0.25) is 0 Å². The van der Waals surface area contributed by atoms with Crippen LogP contribution in [0.15, 0.2) is 49.1 Å². The number of aromatic nitrogens is 2. The van der Waals surface area contributed by atoms with Gasteiger partial charge in [-0.25, -0.2) is 0 Å². The van der Waals surface area contributed by atoms with Crippen LogP contribution in [0, 0.1) is 0 Å². The van der Waals surface area contributed by atoms with E-state index < -0.39 is 29.9 Å². The minimum absolute atomic E-state index is 0.263. The van der Waals surface area contributed by atoms with Crippen molar-refractivity contribution in [2.45, 2.75) is 56.7 Å². The third-order valence-electron chi connectivity index (χ3n) is 8.24. The van der Waals surface area contributed by atoms with Crippen molar-refractivity contribution in [3.63, 3.8) is 0 Å². The number of carbonyl (C=O) groups is 6. The summed E-state index contributed by atoms with van der Waals surface area (Å²) >= 11 is 0. The fourth-order valence-corrected chi connectivity index (χ4v) is 6.06. The van der Waals surface area contributed by atoms with Gasteiger partial charge in [-0.05, 0) is 62.8 Å². The molecule has 3 aliphatic heterocycles. The second-order valence-electron chi connectivity index (χ2n) is 11.1. The van der Waals surface area contributed by atoms with Gasteiger partial charge in [0.25, 0.3) is 5.91 Å². The molecule has 44 heavy (non-hydrogen) atoms. The Labute approximate surface area is 254 Å². The van der Waals surface area contributed by atoms with Gasteiger partial charge in [-0.15, -0.1) is 0 Å². The van der Waals surface area contributed by atoms with Gasteiger partial charge < -0.3 is 30.7 Å². The van der Waals surface area contributed by atoms with E-state index in [9.17, 15) is 28.8 Å². The lowest BCUT2D eigenvalue weighted by Crippen LogP contribution is -2.55. The highest BCUT2D eigenvalue weighted by atomic mass is 16.2. The third-order valence-corrected chi connectivity index (χ3v) is 8.24. The van der Waals surface area contributed by atoms with Crippen LogP contribution < -0.4 is 16.0 Å². The fourth-order valence-electron chi connectivity index (χ4n) is 6.06. The summed E-state index contributed by atoms with van der Waals surface area (Å²) in [6.45, 7) is 0.592. The molecule has 3 atom stereocenters. The lowest BCUT2D eigenvalue weighted by Gasteiger charge is -2.31. The van der Waals surface area contributed by atoms with Crippen molar-refractivity contribution in [1.29, 1.82) is 0 Å². The van der Waals surface area contributed by atoms with E-state index in [4.69, 9.17) is 0 Å². The highest BCUT2D eigenvalue weighted by molar-refractivity contribution is 5.99. The molecule has 5 rings (SSSR count). The predicted octanol–water partition coefficient (Wildman–Crippen LogP) is -0.0657. The number of likely N-dealkylation sites (tertiary alicyclic amines) is 3. The SMILES string of the molecule is O=C(NCC(=O)N1CCC[C@H]1C(=O)N1CCC[C@H]1C(=O)NCC(=O)N1CCC[C@H]1C(=O)Nc1cccnc1)c1cccnc1. The molecule has 0 aromatic carbocycles. The van der Waals surface area contributed by atoms with Gasteiger partial charge in [-0.3, -0.25) is 38.7 Å². The van der Waals surface area contributed by atoms with Crippen LogP contribution in [0.25, 0.3) is 0 Å². The van der Waals surface area contributed by atoms with Gasteiger partial charge in [0.1, 0.15) is 18.1 Å². The van der Waals surface area contributed by atoms with E-state index in [1.54, 1.807) is 36.7 Å². The molecule has 14 nitrogen and oxygen atoms in total. The molecule has 3 N–H and O–H groups in total. The van der Waals surface area contributed by atoms with E-state index in [0.717, 1.165) is 0 Å². The van der Waals surface area contributed by atoms with E-state index in [2.05, 4.69) is 25.9 Å². The Hall–Kier alpha value is -4.88. The van der Waals surface area contributed by atoms with Crippen LogP contribution in [0.1, 0.15) is 48.9 Å². The van der Waals surface area contributed by atoms with Crippen LogP contribution in [-0.2, 0) is 24.0 Å². The van der Waals surface area contributed by atoms with Gasteiger partial charge in [0, 0.05) is 38.2 Å². The van der Waals surface area contributed by atoms with Crippen LogP contribution in [-0.4, -0.2) is 111 Å². The standard InChI is InChI=1S/C30H36N8O6/c39-25(36-13-3-9-23(36)29(43)35-21-7-2-12-32-17-21)19-34-28(42)22-8-4-15-38(22)30(44)24-10-5-14-37(24)26(40)18-33-27(41)20-6-1-11-31-16-20/h1-2,6-7,11-12,16-17,22-24H,3-5,8-10,13-15,18-19H2,(H,33,41)(H,34,42)(H,35,43)/t22-,23-,24-/m0/s1. The van der Waals surface area contributed by atoms with Crippen molar-refractivity contribution in [3.05, 3.63) is 54.6 Å². The van der Waals surface area contributed by atoms with Gasteiger partial charge in [0.05, 0.1) is 30.5 Å². The van der Waals surface area contributed by atoms with Crippen molar-refractivity contribution < 1.29 is 28.8 Å². The Balaban J connectivity index is 1.12. The summed E-state index contributed by atoms with van der Waals surface area (Å²) < 4.78 is 0. The van der Waals surface area contributed by atoms with E-state index in [-0.39, 0.29) is 36.7 Å². The zero-order valence-electron chi connectivity index (χ0n) is 24.3. The van der Waals surface area contributed by atoms with Crippen molar-refractivity contribution in [3.8, 4) is 0 Å².